The summed E-state index contributed by atoms with van der Waals surface area (Å²) in [6.07, 6.45) is 2.33. The Morgan fingerprint density at radius 2 is 2.00 bits per heavy atom. The first-order chi connectivity index (χ1) is 5.70. The minimum absolute atomic E-state index is 0.584. The molecule has 0 N–H and O–H groups in total. The molecule has 0 amide bonds. The molecule has 0 fully saturated rings. The molecule has 0 saturated carbocycles. The summed E-state index contributed by atoms with van der Waals surface area (Å²) in [6.45, 7) is 9.30. The molecular formula is C10H20N2. The normalized spacial score (nSPS) is 10.7. The summed E-state index contributed by atoms with van der Waals surface area (Å²) < 4.78 is 0. The Kier molecular flexibility index (Phi) is 6.79. The van der Waals surface area contributed by atoms with Gasteiger partial charge in [-0.2, -0.15) is 5.26 Å². The van der Waals surface area contributed by atoms with E-state index in [-0.39, 0.29) is 0 Å². The predicted molar refractivity (Wildman–Crippen MR) is 51.8 cm³/mol. The molecule has 0 atom stereocenters. The molecule has 0 aliphatic heterocycles. The van der Waals surface area contributed by atoms with Crippen molar-refractivity contribution in [2.75, 3.05) is 19.6 Å². The average Bonchev–Trinajstić information content (AvgIpc) is 2.01. The van der Waals surface area contributed by atoms with Crippen molar-refractivity contribution in [2.24, 2.45) is 5.92 Å². The van der Waals surface area contributed by atoms with Crippen LogP contribution in [-0.2, 0) is 0 Å². The molecule has 0 saturated heterocycles. The molecule has 0 heterocycles. The van der Waals surface area contributed by atoms with E-state index in [0.717, 1.165) is 25.4 Å². The van der Waals surface area contributed by atoms with Crippen LogP contribution in [-0.4, -0.2) is 24.5 Å². The van der Waals surface area contributed by atoms with E-state index >= 15 is 0 Å². The molecule has 0 aromatic carbocycles. The standard InChI is InChI=1S/C10H20N2/c1-4-7-12(9-6-11)8-5-10(2)3/h10H,4-5,7-9H2,1-3H3. The summed E-state index contributed by atoms with van der Waals surface area (Å²) >= 11 is 0. The van der Waals surface area contributed by atoms with Gasteiger partial charge in [0.1, 0.15) is 0 Å². The second-order valence-electron chi connectivity index (χ2n) is 3.62. The van der Waals surface area contributed by atoms with Gasteiger partial charge in [-0.15, -0.1) is 0 Å². The fourth-order valence-corrected chi connectivity index (χ4v) is 1.13. The molecular weight excluding hydrogens is 148 g/mol. The van der Waals surface area contributed by atoms with Gasteiger partial charge in [-0.25, -0.2) is 0 Å². The third kappa shape index (κ3) is 6.18. The van der Waals surface area contributed by atoms with Crippen LogP contribution >= 0.6 is 0 Å². The van der Waals surface area contributed by atoms with E-state index in [1.54, 1.807) is 0 Å². The van der Waals surface area contributed by atoms with Crippen LogP contribution in [0.3, 0.4) is 0 Å². The molecule has 0 unspecified atom stereocenters. The fourth-order valence-electron chi connectivity index (χ4n) is 1.13. The number of nitrogens with zero attached hydrogens (tertiary/aromatic N) is 2. The van der Waals surface area contributed by atoms with Gasteiger partial charge < -0.3 is 0 Å². The van der Waals surface area contributed by atoms with E-state index in [9.17, 15) is 0 Å². The minimum Gasteiger partial charge on any atom is -0.291 e. The van der Waals surface area contributed by atoms with Gasteiger partial charge in [0.05, 0.1) is 12.6 Å². The van der Waals surface area contributed by atoms with Gasteiger partial charge in [0.15, 0.2) is 0 Å². The first-order valence-electron chi connectivity index (χ1n) is 4.80. The lowest BCUT2D eigenvalue weighted by Gasteiger charge is -2.18. The Labute approximate surface area is 76.2 Å². The summed E-state index contributed by atoms with van der Waals surface area (Å²) in [5, 5.41) is 8.54. The van der Waals surface area contributed by atoms with Crippen molar-refractivity contribution in [1.82, 2.24) is 4.90 Å². The van der Waals surface area contributed by atoms with Crippen molar-refractivity contribution in [1.29, 1.82) is 5.26 Å². The topological polar surface area (TPSA) is 27.0 Å². The van der Waals surface area contributed by atoms with E-state index < -0.39 is 0 Å². The van der Waals surface area contributed by atoms with Gasteiger partial charge in [0.25, 0.3) is 0 Å². The first-order valence-corrected chi connectivity index (χ1v) is 4.80. The maximum atomic E-state index is 8.54. The van der Waals surface area contributed by atoms with E-state index in [2.05, 4.69) is 31.7 Å². The Balaban J connectivity index is 3.56. The summed E-state index contributed by atoms with van der Waals surface area (Å²) in [6, 6.07) is 2.20. The Morgan fingerprint density at radius 1 is 1.33 bits per heavy atom. The molecule has 0 aliphatic carbocycles. The van der Waals surface area contributed by atoms with E-state index in [4.69, 9.17) is 5.26 Å². The zero-order valence-corrected chi connectivity index (χ0v) is 8.51. The molecule has 2 heteroatoms. The minimum atomic E-state index is 0.584. The van der Waals surface area contributed by atoms with Crippen LogP contribution < -0.4 is 0 Å². The lowest BCUT2D eigenvalue weighted by molar-refractivity contribution is 0.286. The molecule has 12 heavy (non-hydrogen) atoms. The summed E-state index contributed by atoms with van der Waals surface area (Å²) in [7, 11) is 0. The van der Waals surface area contributed by atoms with Crippen LogP contribution in [0.4, 0.5) is 0 Å². The summed E-state index contributed by atoms with van der Waals surface area (Å²) in [5.41, 5.74) is 0. The highest BCUT2D eigenvalue weighted by Gasteiger charge is 2.03. The van der Waals surface area contributed by atoms with Crippen LogP contribution in [0.1, 0.15) is 33.6 Å². The fraction of sp³-hybridized carbons (Fsp3) is 0.900. The maximum absolute atomic E-state index is 8.54. The van der Waals surface area contributed by atoms with Crippen molar-refractivity contribution in [3.63, 3.8) is 0 Å². The number of nitriles is 1. The molecule has 0 rings (SSSR count). The zero-order chi connectivity index (χ0) is 9.40. The SMILES string of the molecule is CCCN(CC#N)CCC(C)C. The highest BCUT2D eigenvalue weighted by Crippen LogP contribution is 2.02. The largest absolute Gasteiger partial charge is 0.291 e. The zero-order valence-electron chi connectivity index (χ0n) is 8.51. The van der Waals surface area contributed by atoms with Crippen molar-refractivity contribution in [2.45, 2.75) is 33.6 Å². The van der Waals surface area contributed by atoms with Crippen molar-refractivity contribution < 1.29 is 0 Å². The quantitative estimate of drug-likeness (QED) is 0.569. The molecule has 0 spiro atoms. The van der Waals surface area contributed by atoms with Crippen LogP contribution in [0.25, 0.3) is 0 Å². The van der Waals surface area contributed by atoms with Crippen LogP contribution in [0.2, 0.25) is 0 Å². The van der Waals surface area contributed by atoms with Crippen LogP contribution in [0.5, 0.6) is 0 Å². The van der Waals surface area contributed by atoms with Gasteiger partial charge in [-0.3, -0.25) is 4.90 Å². The average molecular weight is 168 g/mol. The Morgan fingerprint density at radius 3 is 2.42 bits per heavy atom. The van der Waals surface area contributed by atoms with E-state index in [1.165, 1.54) is 6.42 Å². The monoisotopic (exact) mass is 168 g/mol. The third-order valence-corrected chi connectivity index (χ3v) is 1.86. The lowest BCUT2D eigenvalue weighted by Crippen LogP contribution is -2.26. The smallest absolute Gasteiger partial charge is 0.0865 e. The molecule has 0 aliphatic rings. The van der Waals surface area contributed by atoms with Crippen LogP contribution in [0.15, 0.2) is 0 Å². The van der Waals surface area contributed by atoms with Crippen molar-refractivity contribution in [3.8, 4) is 6.07 Å². The first kappa shape index (κ1) is 11.4. The highest BCUT2D eigenvalue weighted by atomic mass is 15.1. The van der Waals surface area contributed by atoms with Gasteiger partial charge in [-0.05, 0) is 31.8 Å². The lowest BCUT2D eigenvalue weighted by atomic mass is 10.1. The third-order valence-electron chi connectivity index (χ3n) is 1.86. The number of rotatable bonds is 6. The number of hydrogen-bond acceptors (Lipinski definition) is 2. The van der Waals surface area contributed by atoms with Gasteiger partial charge in [0, 0.05) is 0 Å². The number of hydrogen-bond donors (Lipinski definition) is 0. The van der Waals surface area contributed by atoms with Gasteiger partial charge in [-0.1, -0.05) is 20.8 Å². The van der Waals surface area contributed by atoms with Gasteiger partial charge >= 0.3 is 0 Å². The second kappa shape index (κ2) is 7.12. The molecule has 0 bridgehead atoms. The molecule has 2 nitrogen and oxygen atoms in total. The maximum Gasteiger partial charge on any atom is 0.0865 e. The Hall–Kier alpha value is -0.550. The predicted octanol–water partition coefficient (Wildman–Crippen LogP) is 2.27. The molecule has 0 aromatic heterocycles. The van der Waals surface area contributed by atoms with E-state index in [1.807, 2.05) is 0 Å². The van der Waals surface area contributed by atoms with Crippen molar-refractivity contribution in [3.05, 3.63) is 0 Å². The van der Waals surface area contributed by atoms with Crippen LogP contribution in [0, 0.1) is 17.2 Å². The molecule has 0 aromatic rings. The second-order valence-corrected chi connectivity index (χ2v) is 3.62. The molecule has 70 valence electrons. The Bertz CT molecular complexity index is 135. The van der Waals surface area contributed by atoms with E-state index in [0.29, 0.717) is 6.54 Å². The molecule has 0 radical (unpaired) electrons. The van der Waals surface area contributed by atoms with Crippen molar-refractivity contribution >= 4 is 0 Å². The van der Waals surface area contributed by atoms with Gasteiger partial charge in [0.2, 0.25) is 0 Å². The summed E-state index contributed by atoms with van der Waals surface area (Å²) in [5.74, 6) is 0.739. The summed E-state index contributed by atoms with van der Waals surface area (Å²) in [4.78, 5) is 2.22. The highest BCUT2D eigenvalue weighted by molar-refractivity contribution is 4.76.